The highest BCUT2D eigenvalue weighted by Crippen LogP contribution is 2.29. The van der Waals surface area contributed by atoms with Gasteiger partial charge in [-0.3, -0.25) is 9.59 Å². The molecule has 3 aromatic carbocycles. The number of hydrogen-bond donors (Lipinski definition) is 2. The maximum absolute atomic E-state index is 12.8. The minimum absolute atomic E-state index is 0.139. The number of carbonyl (C=O) groups excluding carboxylic acids is 2. The van der Waals surface area contributed by atoms with Gasteiger partial charge >= 0.3 is 0 Å². The van der Waals surface area contributed by atoms with Gasteiger partial charge in [-0.25, -0.2) is 0 Å². The molecule has 0 radical (unpaired) electrons. The number of rotatable bonds is 7. The smallest absolute Gasteiger partial charge is 0.255 e. The van der Waals surface area contributed by atoms with Crippen molar-refractivity contribution >= 4 is 58.2 Å². The van der Waals surface area contributed by atoms with Gasteiger partial charge in [-0.1, -0.05) is 53.9 Å². The van der Waals surface area contributed by atoms with Gasteiger partial charge in [0.25, 0.3) is 5.91 Å². The Morgan fingerprint density at radius 2 is 1.58 bits per heavy atom. The number of nitrogens with one attached hydrogen (secondary N) is 2. The van der Waals surface area contributed by atoms with E-state index in [9.17, 15) is 9.59 Å². The summed E-state index contributed by atoms with van der Waals surface area (Å²) in [5.74, 6) is -0.315. The van der Waals surface area contributed by atoms with Crippen molar-refractivity contribution in [3.05, 3.63) is 87.9 Å². The van der Waals surface area contributed by atoms with Crippen LogP contribution >= 0.6 is 35.0 Å². The predicted molar refractivity (Wildman–Crippen MR) is 131 cm³/mol. The zero-order chi connectivity index (χ0) is 22.4. The van der Waals surface area contributed by atoms with E-state index < -0.39 is 0 Å². The Bertz CT molecular complexity index is 1070. The molecule has 0 aliphatic heterocycles. The highest BCUT2D eigenvalue weighted by molar-refractivity contribution is 8.00. The van der Waals surface area contributed by atoms with Gasteiger partial charge in [-0.15, -0.1) is 11.8 Å². The third kappa shape index (κ3) is 6.76. The van der Waals surface area contributed by atoms with E-state index in [0.717, 1.165) is 10.5 Å². The maximum atomic E-state index is 12.8. The molecule has 7 heteroatoms. The minimum Gasteiger partial charge on any atom is -0.325 e. The molecule has 0 fully saturated rings. The second-order valence-corrected chi connectivity index (χ2v) is 9.16. The van der Waals surface area contributed by atoms with Crippen molar-refractivity contribution in [2.45, 2.75) is 30.4 Å². The van der Waals surface area contributed by atoms with Gasteiger partial charge in [-0.05, 0) is 61.9 Å². The summed E-state index contributed by atoms with van der Waals surface area (Å²) in [5.41, 5.74) is 2.92. The number of halogens is 2. The largest absolute Gasteiger partial charge is 0.325 e. The van der Waals surface area contributed by atoms with E-state index in [1.807, 2.05) is 50.2 Å². The fourth-order valence-electron chi connectivity index (χ4n) is 2.89. The molecule has 0 spiro atoms. The van der Waals surface area contributed by atoms with Crippen LogP contribution in [0.5, 0.6) is 0 Å². The minimum atomic E-state index is -0.319. The lowest BCUT2D eigenvalue weighted by Crippen LogP contribution is -2.24. The number of aryl methyl sites for hydroxylation is 1. The second kappa shape index (κ2) is 10.7. The molecule has 1 unspecified atom stereocenters. The van der Waals surface area contributed by atoms with Gasteiger partial charge in [0.05, 0.1) is 5.25 Å². The standard InChI is InChI=1S/C24H22Cl2N2O2S/c1-3-22(24(30)28-20-12-17(25)11-18(26)13-20)31-21-6-4-5-19(14-21)27-23(29)16-9-7-15(2)8-10-16/h4-14,22H,3H2,1-2H3,(H,27,29)(H,28,30). The third-order valence-corrected chi connectivity index (χ3v) is 6.27. The van der Waals surface area contributed by atoms with E-state index in [-0.39, 0.29) is 17.1 Å². The van der Waals surface area contributed by atoms with Crippen LogP contribution in [0, 0.1) is 6.92 Å². The molecule has 1 atom stereocenters. The molecule has 0 aliphatic rings. The third-order valence-electron chi connectivity index (χ3n) is 4.48. The van der Waals surface area contributed by atoms with Crippen molar-refractivity contribution in [2.75, 3.05) is 10.6 Å². The monoisotopic (exact) mass is 472 g/mol. The fraction of sp³-hybridized carbons (Fsp3) is 0.167. The molecule has 0 aromatic heterocycles. The van der Waals surface area contributed by atoms with Gasteiger partial charge in [0.15, 0.2) is 0 Å². The van der Waals surface area contributed by atoms with Gasteiger partial charge in [0, 0.05) is 31.9 Å². The van der Waals surface area contributed by atoms with Crippen LogP contribution in [0.1, 0.15) is 29.3 Å². The fourth-order valence-corrected chi connectivity index (χ4v) is 4.43. The zero-order valence-electron chi connectivity index (χ0n) is 17.1. The maximum Gasteiger partial charge on any atom is 0.255 e. The molecule has 0 saturated heterocycles. The Kier molecular flexibility index (Phi) is 8.02. The van der Waals surface area contributed by atoms with Crippen LogP contribution in [0.25, 0.3) is 0 Å². The molecule has 0 heterocycles. The molecule has 0 aliphatic carbocycles. The van der Waals surface area contributed by atoms with Crippen molar-refractivity contribution in [2.24, 2.45) is 0 Å². The first-order valence-electron chi connectivity index (χ1n) is 9.75. The molecule has 0 saturated carbocycles. The van der Waals surface area contributed by atoms with Crippen LogP contribution in [0.2, 0.25) is 10.0 Å². The summed E-state index contributed by atoms with van der Waals surface area (Å²) < 4.78 is 0. The average Bonchev–Trinajstić information content (AvgIpc) is 2.72. The van der Waals surface area contributed by atoms with Crippen LogP contribution < -0.4 is 10.6 Å². The zero-order valence-corrected chi connectivity index (χ0v) is 19.4. The van der Waals surface area contributed by atoms with E-state index in [4.69, 9.17) is 23.2 Å². The number of amides is 2. The van der Waals surface area contributed by atoms with Crippen molar-refractivity contribution < 1.29 is 9.59 Å². The van der Waals surface area contributed by atoms with E-state index in [2.05, 4.69) is 10.6 Å². The van der Waals surface area contributed by atoms with Gasteiger partial charge in [0.1, 0.15) is 0 Å². The van der Waals surface area contributed by atoms with E-state index in [0.29, 0.717) is 33.4 Å². The topological polar surface area (TPSA) is 58.2 Å². The van der Waals surface area contributed by atoms with Crippen molar-refractivity contribution in [1.29, 1.82) is 0 Å². The lowest BCUT2D eigenvalue weighted by Gasteiger charge is -2.16. The first-order valence-corrected chi connectivity index (χ1v) is 11.4. The first-order chi connectivity index (χ1) is 14.8. The summed E-state index contributed by atoms with van der Waals surface area (Å²) in [6.07, 6.45) is 0.630. The SMILES string of the molecule is CCC(Sc1cccc(NC(=O)c2ccc(C)cc2)c1)C(=O)Nc1cc(Cl)cc(Cl)c1. The van der Waals surface area contributed by atoms with Crippen molar-refractivity contribution in [3.8, 4) is 0 Å². The summed E-state index contributed by atoms with van der Waals surface area (Å²) in [5, 5.41) is 6.38. The number of thioether (sulfide) groups is 1. The molecule has 31 heavy (non-hydrogen) atoms. The molecule has 0 bridgehead atoms. The second-order valence-electron chi connectivity index (χ2n) is 7.01. The van der Waals surface area contributed by atoms with Gasteiger partial charge in [-0.2, -0.15) is 0 Å². The quantitative estimate of drug-likeness (QED) is 0.361. The summed E-state index contributed by atoms with van der Waals surface area (Å²) in [6.45, 7) is 3.93. The summed E-state index contributed by atoms with van der Waals surface area (Å²) in [6, 6.07) is 19.8. The predicted octanol–water partition coefficient (Wildman–Crippen LogP) is 7.06. The molecular formula is C24H22Cl2N2O2S. The van der Waals surface area contributed by atoms with Crippen molar-refractivity contribution in [3.63, 3.8) is 0 Å². The Balaban J connectivity index is 1.67. The number of benzene rings is 3. The number of anilines is 2. The summed E-state index contributed by atoms with van der Waals surface area (Å²) >= 11 is 13.5. The van der Waals surface area contributed by atoms with E-state index in [1.54, 1.807) is 30.3 Å². The summed E-state index contributed by atoms with van der Waals surface area (Å²) in [4.78, 5) is 26.1. The van der Waals surface area contributed by atoms with Crippen LogP contribution in [0.15, 0.2) is 71.6 Å². The lowest BCUT2D eigenvalue weighted by atomic mass is 10.1. The van der Waals surface area contributed by atoms with Gasteiger partial charge in [0.2, 0.25) is 5.91 Å². The Hall–Kier alpha value is -2.47. The molecule has 3 rings (SSSR count). The summed E-state index contributed by atoms with van der Waals surface area (Å²) in [7, 11) is 0. The van der Waals surface area contributed by atoms with Crippen molar-refractivity contribution in [1.82, 2.24) is 0 Å². The van der Waals surface area contributed by atoms with Gasteiger partial charge < -0.3 is 10.6 Å². The first kappa shape index (κ1) is 23.2. The Labute approximate surface area is 196 Å². The van der Waals surface area contributed by atoms with Crippen LogP contribution in [-0.2, 0) is 4.79 Å². The highest BCUT2D eigenvalue weighted by Gasteiger charge is 2.19. The Morgan fingerprint density at radius 3 is 2.23 bits per heavy atom. The van der Waals surface area contributed by atoms with Crippen LogP contribution in [0.4, 0.5) is 11.4 Å². The van der Waals surface area contributed by atoms with Crippen LogP contribution in [0.3, 0.4) is 0 Å². The molecule has 3 aromatic rings. The molecule has 2 amide bonds. The number of hydrogen-bond acceptors (Lipinski definition) is 3. The molecule has 4 nitrogen and oxygen atoms in total. The Morgan fingerprint density at radius 1 is 0.903 bits per heavy atom. The van der Waals surface area contributed by atoms with E-state index >= 15 is 0 Å². The molecular weight excluding hydrogens is 451 g/mol. The normalized spacial score (nSPS) is 11.6. The highest BCUT2D eigenvalue weighted by atomic mass is 35.5. The number of carbonyl (C=O) groups is 2. The molecule has 160 valence electrons. The molecule has 2 N–H and O–H groups in total. The average molecular weight is 473 g/mol. The van der Waals surface area contributed by atoms with E-state index in [1.165, 1.54) is 11.8 Å². The van der Waals surface area contributed by atoms with Crippen LogP contribution in [-0.4, -0.2) is 17.1 Å². The lowest BCUT2D eigenvalue weighted by molar-refractivity contribution is -0.115.